The van der Waals surface area contributed by atoms with Crippen molar-refractivity contribution in [2.24, 2.45) is 0 Å². The van der Waals surface area contributed by atoms with Crippen LogP contribution >= 0.6 is 0 Å². The first kappa shape index (κ1) is 8.16. The van der Waals surface area contributed by atoms with E-state index in [-0.39, 0.29) is 0 Å². The van der Waals surface area contributed by atoms with Gasteiger partial charge in [0.05, 0.1) is 0 Å². The molecule has 0 radical (unpaired) electrons. The molecule has 0 aliphatic carbocycles. The third-order valence-corrected chi connectivity index (χ3v) is 0.576. The monoisotopic (exact) mass is 126 g/mol. The van der Waals surface area contributed by atoms with Crippen molar-refractivity contribution in [1.29, 1.82) is 0 Å². The Hall–Kier alpha value is -1.84. The van der Waals surface area contributed by atoms with Crippen LogP contribution in [-0.4, -0.2) is 0 Å². The van der Waals surface area contributed by atoms with E-state index in [9.17, 15) is 0 Å². The summed E-state index contributed by atoms with van der Waals surface area (Å²) >= 11 is 0. The van der Waals surface area contributed by atoms with E-state index in [0.29, 0.717) is 0 Å². The van der Waals surface area contributed by atoms with Crippen LogP contribution in [0.25, 0.3) is 0 Å². The molecule has 46 valence electrons. The molecule has 0 heterocycles. The van der Waals surface area contributed by atoms with Crippen molar-refractivity contribution in [2.75, 3.05) is 0 Å². The molecule has 0 aromatic rings. The topological polar surface area (TPSA) is 0 Å². The van der Waals surface area contributed by atoms with Crippen molar-refractivity contribution < 1.29 is 0 Å². The molecule has 0 bridgehead atoms. The lowest BCUT2D eigenvalue weighted by Gasteiger charge is -1.54. The van der Waals surface area contributed by atoms with Crippen LogP contribution < -0.4 is 0 Å². The number of hydrogen-bond acceptors (Lipinski definition) is 0. The van der Waals surface area contributed by atoms with Gasteiger partial charge in [0.2, 0.25) is 0 Å². The predicted molar refractivity (Wildman–Crippen MR) is 42.2 cm³/mol. The Morgan fingerprint density at radius 1 is 0.800 bits per heavy atom. The molecule has 0 spiro atoms. The molecule has 0 atom stereocenters. The van der Waals surface area contributed by atoms with E-state index in [4.69, 9.17) is 0 Å². The fourth-order valence-corrected chi connectivity index (χ4v) is 0.258. The van der Waals surface area contributed by atoms with Gasteiger partial charge in [-0.3, -0.25) is 0 Å². The molecule has 0 nitrogen and oxygen atoms in total. The van der Waals surface area contributed by atoms with Gasteiger partial charge in [0.25, 0.3) is 0 Å². The summed E-state index contributed by atoms with van der Waals surface area (Å²) in [4.78, 5) is 0. The maximum Gasteiger partial charge on any atom is 0.0389 e. The van der Waals surface area contributed by atoms with Gasteiger partial charge in [-0.15, -0.1) is 0 Å². The van der Waals surface area contributed by atoms with Crippen molar-refractivity contribution in [3.63, 3.8) is 0 Å². The van der Waals surface area contributed by atoms with Crippen molar-refractivity contribution in [1.82, 2.24) is 0 Å². The molecule has 0 amide bonds. The zero-order chi connectivity index (χ0) is 7.66. The lowest BCUT2D eigenvalue weighted by molar-refractivity contribution is 2.12. The Balaban J connectivity index is 4.21. The standard InChI is InChI=1S/C10H6/c1-3-5-7-9-10-8-6-4-2/h7-8H,1-2H2. The third-order valence-electron chi connectivity index (χ3n) is 0.576. The summed E-state index contributed by atoms with van der Waals surface area (Å²) in [6.45, 7) is 6.62. The van der Waals surface area contributed by atoms with E-state index < -0.39 is 0 Å². The minimum absolute atomic E-state index is 1.52. The minimum Gasteiger partial charge on any atom is -0.0775 e. The van der Waals surface area contributed by atoms with E-state index in [1.54, 1.807) is 0 Å². The number of allylic oxidation sites excluding steroid dienone is 2. The Morgan fingerprint density at radius 2 is 1.20 bits per heavy atom. The molecule has 0 fully saturated rings. The fraction of sp³-hybridized carbons (Fsp3) is 0. The highest BCUT2D eigenvalue weighted by Gasteiger charge is 1.50. The van der Waals surface area contributed by atoms with E-state index in [1.165, 1.54) is 12.2 Å². The normalized spacial score (nSPS) is 4.40. The second kappa shape index (κ2) is 7.16. The van der Waals surface area contributed by atoms with Crippen molar-refractivity contribution >= 4 is 0 Å². The summed E-state index contributed by atoms with van der Waals surface area (Å²) in [5.41, 5.74) is 10.0. The summed E-state index contributed by atoms with van der Waals surface area (Å²) in [5, 5.41) is 0. The smallest absolute Gasteiger partial charge is 0.0389 e. The van der Waals surface area contributed by atoms with Gasteiger partial charge in [-0.05, 0) is 13.2 Å². The molecule has 0 aliphatic heterocycles. The zero-order valence-electron chi connectivity index (χ0n) is 5.57. The summed E-state index contributed by atoms with van der Waals surface area (Å²) < 4.78 is 0. The van der Waals surface area contributed by atoms with Crippen LogP contribution in [0.3, 0.4) is 0 Å². The largest absolute Gasteiger partial charge is 0.0775 e. The van der Waals surface area contributed by atoms with Crippen LogP contribution in [0.5, 0.6) is 0 Å². The van der Waals surface area contributed by atoms with Gasteiger partial charge in [-0.25, -0.2) is 0 Å². The molecule has 0 aromatic carbocycles. The van der Waals surface area contributed by atoms with Gasteiger partial charge >= 0.3 is 0 Å². The molecule has 0 heteroatoms. The lowest BCUT2D eigenvalue weighted by atomic mass is 10.5. The van der Waals surface area contributed by atoms with Crippen LogP contribution in [0, 0.1) is 11.8 Å². The van der Waals surface area contributed by atoms with Crippen LogP contribution in [0.15, 0.2) is 48.2 Å². The van der Waals surface area contributed by atoms with E-state index >= 15 is 0 Å². The van der Waals surface area contributed by atoms with Gasteiger partial charge in [-0.1, -0.05) is 34.8 Å². The molecule has 0 rings (SSSR count). The van der Waals surface area contributed by atoms with E-state index in [2.05, 4.69) is 47.9 Å². The molecule has 0 saturated heterocycles. The molecule has 10 heavy (non-hydrogen) atoms. The zero-order valence-corrected chi connectivity index (χ0v) is 5.57. The number of rotatable bonds is 0. The highest BCUT2D eigenvalue weighted by molar-refractivity contribution is 5.22. The highest BCUT2D eigenvalue weighted by atomic mass is 13.5. The van der Waals surface area contributed by atoms with E-state index in [1.807, 2.05) is 0 Å². The second-order valence-corrected chi connectivity index (χ2v) is 1.22. The van der Waals surface area contributed by atoms with Gasteiger partial charge in [0.15, 0.2) is 0 Å². The molecule has 0 unspecified atom stereocenters. The van der Waals surface area contributed by atoms with Gasteiger partial charge in [0, 0.05) is 12.2 Å². The quantitative estimate of drug-likeness (QED) is 0.344. The van der Waals surface area contributed by atoms with Crippen molar-refractivity contribution in [3.05, 3.63) is 48.2 Å². The Kier molecular flexibility index (Phi) is 5.84. The summed E-state index contributed by atoms with van der Waals surface area (Å²) in [5.74, 6) is 5.29. The van der Waals surface area contributed by atoms with Crippen LogP contribution in [0.1, 0.15) is 0 Å². The molecular formula is C10H6. The van der Waals surface area contributed by atoms with Crippen LogP contribution in [0.4, 0.5) is 0 Å². The van der Waals surface area contributed by atoms with Crippen LogP contribution in [0.2, 0.25) is 0 Å². The molecule has 0 aromatic heterocycles. The average molecular weight is 126 g/mol. The maximum atomic E-state index is 3.31. The average Bonchev–Trinajstić information content (AvgIpc) is 1.97. The first-order valence-corrected chi connectivity index (χ1v) is 2.61. The fourth-order valence-electron chi connectivity index (χ4n) is 0.258. The van der Waals surface area contributed by atoms with Gasteiger partial charge in [0.1, 0.15) is 0 Å². The maximum absolute atomic E-state index is 3.31. The van der Waals surface area contributed by atoms with Gasteiger partial charge in [-0.2, -0.15) is 0 Å². The summed E-state index contributed by atoms with van der Waals surface area (Å²) in [7, 11) is 0. The van der Waals surface area contributed by atoms with Crippen molar-refractivity contribution in [2.45, 2.75) is 0 Å². The molecular weight excluding hydrogens is 120 g/mol. The molecule has 0 N–H and O–H groups in total. The first-order chi connectivity index (χ1) is 4.91. The summed E-state index contributed by atoms with van der Waals surface area (Å²) in [6, 6.07) is 0. The SMILES string of the molecule is C=C=C=CC#CC=C=C=C. The van der Waals surface area contributed by atoms with Crippen LogP contribution in [-0.2, 0) is 0 Å². The molecule has 0 saturated carbocycles. The lowest BCUT2D eigenvalue weighted by Crippen LogP contribution is -1.43. The minimum atomic E-state index is 1.52. The Bertz CT molecular complexity index is 277. The predicted octanol–water partition coefficient (Wildman–Crippen LogP) is 1.98. The number of hydrogen-bond donors (Lipinski definition) is 0. The first-order valence-electron chi connectivity index (χ1n) is 2.61. The highest BCUT2D eigenvalue weighted by Crippen LogP contribution is 1.62. The molecule has 0 aliphatic rings. The van der Waals surface area contributed by atoms with E-state index in [0.717, 1.165) is 0 Å². The Labute approximate surface area is 60.9 Å². The summed E-state index contributed by atoms with van der Waals surface area (Å²) in [6.07, 6.45) is 3.04. The Morgan fingerprint density at radius 3 is 1.50 bits per heavy atom. The van der Waals surface area contributed by atoms with Crippen molar-refractivity contribution in [3.8, 4) is 11.8 Å². The second-order valence-electron chi connectivity index (χ2n) is 1.22. The third kappa shape index (κ3) is 6.16. The van der Waals surface area contributed by atoms with Gasteiger partial charge < -0.3 is 0 Å².